The smallest absolute Gasteiger partial charge is 0.254 e. The maximum absolute atomic E-state index is 12.6. The van der Waals surface area contributed by atoms with E-state index in [1.807, 2.05) is 6.07 Å². The molecule has 0 N–H and O–H groups in total. The Labute approximate surface area is 124 Å². The van der Waals surface area contributed by atoms with Crippen LogP contribution >= 0.6 is 0 Å². The fourth-order valence-electron chi connectivity index (χ4n) is 1.97. The van der Waals surface area contributed by atoms with Crippen molar-refractivity contribution < 1.29 is 18.7 Å². The molecule has 0 bridgehead atoms. The summed E-state index contributed by atoms with van der Waals surface area (Å²) in [5, 5.41) is 0. The predicted molar refractivity (Wildman–Crippen MR) is 78.3 cm³/mol. The van der Waals surface area contributed by atoms with E-state index < -0.39 is 0 Å². The number of benzene rings is 1. The Bertz CT molecular complexity index is 548. The van der Waals surface area contributed by atoms with Gasteiger partial charge in [-0.3, -0.25) is 4.79 Å². The summed E-state index contributed by atoms with van der Waals surface area (Å²) in [5.41, 5.74) is 1.57. The topological polar surface area (TPSA) is 51.9 Å². The fourth-order valence-corrected chi connectivity index (χ4v) is 1.97. The lowest BCUT2D eigenvalue weighted by Crippen LogP contribution is -2.33. The number of hydrogen-bond acceptors (Lipinski definition) is 4. The minimum Gasteiger partial charge on any atom is -0.497 e. The van der Waals surface area contributed by atoms with Crippen LogP contribution in [0.15, 0.2) is 47.3 Å². The standard InChI is InChI=1S/C16H19NO4/c1-19-10-8-17(11-13-7-9-21-12-13)16(18)14-3-5-15(20-2)6-4-14/h3-7,9,12H,8,10-11H2,1-2H3. The van der Waals surface area contributed by atoms with Gasteiger partial charge in [0.25, 0.3) is 5.91 Å². The van der Waals surface area contributed by atoms with Crippen LogP contribution in [0.1, 0.15) is 15.9 Å². The van der Waals surface area contributed by atoms with Gasteiger partial charge in [-0.05, 0) is 30.3 Å². The number of nitrogens with zero attached hydrogens (tertiary/aromatic N) is 1. The molecule has 0 radical (unpaired) electrons. The molecule has 0 saturated carbocycles. The van der Waals surface area contributed by atoms with Gasteiger partial charge in [0.1, 0.15) is 5.75 Å². The van der Waals surface area contributed by atoms with Crippen LogP contribution in [-0.4, -0.2) is 38.2 Å². The van der Waals surface area contributed by atoms with Crippen LogP contribution in [0.2, 0.25) is 0 Å². The van der Waals surface area contributed by atoms with Gasteiger partial charge in [0, 0.05) is 31.3 Å². The van der Waals surface area contributed by atoms with E-state index in [-0.39, 0.29) is 5.91 Å². The maximum atomic E-state index is 12.6. The van der Waals surface area contributed by atoms with Gasteiger partial charge >= 0.3 is 0 Å². The molecular weight excluding hydrogens is 270 g/mol. The molecule has 2 aromatic rings. The highest BCUT2D eigenvalue weighted by Crippen LogP contribution is 2.15. The summed E-state index contributed by atoms with van der Waals surface area (Å²) in [4.78, 5) is 14.3. The zero-order valence-electron chi connectivity index (χ0n) is 12.2. The Balaban J connectivity index is 2.11. The second-order valence-electron chi connectivity index (χ2n) is 4.58. The zero-order valence-corrected chi connectivity index (χ0v) is 12.2. The van der Waals surface area contributed by atoms with E-state index in [0.29, 0.717) is 25.3 Å². The molecule has 0 saturated heterocycles. The lowest BCUT2D eigenvalue weighted by molar-refractivity contribution is 0.0680. The molecular formula is C16H19NO4. The Kier molecular flexibility index (Phi) is 5.40. The van der Waals surface area contributed by atoms with Gasteiger partial charge in [0.15, 0.2) is 0 Å². The van der Waals surface area contributed by atoms with Gasteiger partial charge in [-0.15, -0.1) is 0 Å². The van der Waals surface area contributed by atoms with E-state index in [1.54, 1.807) is 55.9 Å². The molecule has 0 spiro atoms. The summed E-state index contributed by atoms with van der Waals surface area (Å²) in [6, 6.07) is 8.92. The molecule has 21 heavy (non-hydrogen) atoms. The number of ether oxygens (including phenoxy) is 2. The molecule has 0 aliphatic heterocycles. The van der Waals surface area contributed by atoms with E-state index in [1.165, 1.54) is 0 Å². The molecule has 5 heteroatoms. The van der Waals surface area contributed by atoms with Gasteiger partial charge in [0.05, 0.1) is 26.2 Å². The molecule has 0 atom stereocenters. The number of rotatable bonds is 7. The fraction of sp³-hybridized carbons (Fsp3) is 0.312. The number of methoxy groups -OCH3 is 2. The van der Waals surface area contributed by atoms with E-state index in [9.17, 15) is 4.79 Å². The van der Waals surface area contributed by atoms with E-state index in [2.05, 4.69) is 0 Å². The van der Waals surface area contributed by atoms with Crippen LogP contribution in [0.4, 0.5) is 0 Å². The van der Waals surface area contributed by atoms with Crippen molar-refractivity contribution in [2.24, 2.45) is 0 Å². The highest BCUT2D eigenvalue weighted by molar-refractivity contribution is 5.94. The average molecular weight is 289 g/mol. The predicted octanol–water partition coefficient (Wildman–Crippen LogP) is 2.58. The van der Waals surface area contributed by atoms with Gasteiger partial charge in [-0.2, -0.15) is 0 Å². The summed E-state index contributed by atoms with van der Waals surface area (Å²) in [7, 11) is 3.22. The minimum atomic E-state index is -0.0455. The molecule has 1 amide bonds. The number of hydrogen-bond donors (Lipinski definition) is 0. The van der Waals surface area contributed by atoms with Crippen molar-refractivity contribution in [3.8, 4) is 5.75 Å². The minimum absolute atomic E-state index is 0.0455. The Morgan fingerprint density at radius 2 is 1.95 bits per heavy atom. The molecule has 0 aliphatic carbocycles. The molecule has 0 aliphatic rings. The summed E-state index contributed by atoms with van der Waals surface area (Å²) in [6.45, 7) is 1.50. The first-order valence-corrected chi connectivity index (χ1v) is 6.68. The van der Waals surface area contributed by atoms with Crippen molar-refractivity contribution in [2.45, 2.75) is 6.54 Å². The monoisotopic (exact) mass is 289 g/mol. The lowest BCUT2D eigenvalue weighted by Gasteiger charge is -2.22. The average Bonchev–Trinajstić information content (AvgIpc) is 3.04. The number of furan rings is 1. The summed E-state index contributed by atoms with van der Waals surface area (Å²) in [6.07, 6.45) is 3.24. The molecule has 1 aromatic heterocycles. The van der Waals surface area contributed by atoms with Crippen LogP contribution in [0.25, 0.3) is 0 Å². The van der Waals surface area contributed by atoms with Crippen molar-refractivity contribution in [3.63, 3.8) is 0 Å². The van der Waals surface area contributed by atoms with Gasteiger partial charge in [0.2, 0.25) is 0 Å². The van der Waals surface area contributed by atoms with Crippen molar-refractivity contribution >= 4 is 5.91 Å². The van der Waals surface area contributed by atoms with Gasteiger partial charge < -0.3 is 18.8 Å². The van der Waals surface area contributed by atoms with Crippen molar-refractivity contribution in [2.75, 3.05) is 27.4 Å². The first-order valence-electron chi connectivity index (χ1n) is 6.68. The SMILES string of the molecule is COCCN(Cc1ccoc1)C(=O)c1ccc(OC)cc1. The lowest BCUT2D eigenvalue weighted by atomic mass is 10.1. The second-order valence-corrected chi connectivity index (χ2v) is 4.58. The quantitative estimate of drug-likeness (QED) is 0.786. The Morgan fingerprint density at radius 1 is 1.19 bits per heavy atom. The normalized spacial score (nSPS) is 10.4. The van der Waals surface area contributed by atoms with E-state index >= 15 is 0 Å². The van der Waals surface area contributed by atoms with Crippen molar-refractivity contribution in [1.29, 1.82) is 0 Å². The first kappa shape index (κ1) is 15.1. The Hall–Kier alpha value is -2.27. The van der Waals surface area contributed by atoms with Crippen LogP contribution in [0.3, 0.4) is 0 Å². The molecule has 0 fully saturated rings. The van der Waals surface area contributed by atoms with Crippen molar-refractivity contribution in [3.05, 3.63) is 54.0 Å². The largest absolute Gasteiger partial charge is 0.497 e. The van der Waals surface area contributed by atoms with Crippen LogP contribution in [-0.2, 0) is 11.3 Å². The second kappa shape index (κ2) is 7.50. The highest BCUT2D eigenvalue weighted by atomic mass is 16.5. The highest BCUT2D eigenvalue weighted by Gasteiger charge is 2.16. The number of carbonyl (C=O) groups excluding carboxylic acids is 1. The number of carbonyl (C=O) groups is 1. The molecule has 2 rings (SSSR count). The van der Waals surface area contributed by atoms with Crippen LogP contribution in [0.5, 0.6) is 5.75 Å². The van der Waals surface area contributed by atoms with Gasteiger partial charge in [-0.1, -0.05) is 0 Å². The maximum Gasteiger partial charge on any atom is 0.254 e. The molecule has 1 aromatic carbocycles. The Morgan fingerprint density at radius 3 is 2.52 bits per heavy atom. The molecule has 0 unspecified atom stereocenters. The van der Waals surface area contributed by atoms with Crippen molar-refractivity contribution in [1.82, 2.24) is 4.90 Å². The third-order valence-electron chi connectivity index (χ3n) is 3.14. The third kappa shape index (κ3) is 4.10. The third-order valence-corrected chi connectivity index (χ3v) is 3.14. The zero-order chi connectivity index (χ0) is 15.1. The first-order chi connectivity index (χ1) is 10.2. The van der Waals surface area contributed by atoms with Gasteiger partial charge in [-0.25, -0.2) is 0 Å². The summed E-state index contributed by atoms with van der Waals surface area (Å²) in [5.74, 6) is 0.681. The van der Waals surface area contributed by atoms with Crippen LogP contribution < -0.4 is 4.74 Å². The molecule has 1 heterocycles. The van der Waals surface area contributed by atoms with E-state index in [0.717, 1.165) is 11.3 Å². The van der Waals surface area contributed by atoms with Crippen LogP contribution in [0, 0.1) is 0 Å². The molecule has 5 nitrogen and oxygen atoms in total. The number of amides is 1. The summed E-state index contributed by atoms with van der Waals surface area (Å²) < 4.78 is 15.2. The summed E-state index contributed by atoms with van der Waals surface area (Å²) >= 11 is 0. The molecule has 112 valence electrons. The van der Waals surface area contributed by atoms with E-state index in [4.69, 9.17) is 13.9 Å².